The number of benzene rings is 1. The van der Waals surface area contributed by atoms with Crippen LogP contribution in [0.25, 0.3) is 0 Å². The second kappa shape index (κ2) is 4.54. The summed E-state index contributed by atoms with van der Waals surface area (Å²) in [6.07, 6.45) is 1.12. The summed E-state index contributed by atoms with van der Waals surface area (Å²) in [5.41, 5.74) is 7.66. The van der Waals surface area contributed by atoms with E-state index in [1.165, 1.54) is 3.57 Å². The van der Waals surface area contributed by atoms with Crippen molar-refractivity contribution in [1.29, 1.82) is 0 Å². The second-order valence-corrected chi connectivity index (χ2v) is 3.90. The molecule has 1 aromatic rings. The number of nitrogens with one attached hydrogen (secondary N) is 1. The summed E-state index contributed by atoms with van der Waals surface area (Å²) in [4.78, 5) is 0. The Kier molecular flexibility index (Phi) is 3.65. The van der Waals surface area contributed by atoms with Gasteiger partial charge in [-0.2, -0.15) is 0 Å². The van der Waals surface area contributed by atoms with Crippen LogP contribution >= 0.6 is 22.6 Å². The number of hydrogen-bond donors (Lipinski definition) is 2. The largest absolute Gasteiger partial charge is 0.397 e. The summed E-state index contributed by atoms with van der Waals surface area (Å²) in [6, 6.07) is 6.04. The number of anilines is 2. The van der Waals surface area contributed by atoms with Crippen LogP contribution in [0.2, 0.25) is 0 Å². The van der Waals surface area contributed by atoms with Crippen LogP contribution in [0.5, 0.6) is 0 Å². The molecule has 0 aliphatic carbocycles. The van der Waals surface area contributed by atoms with Crippen LogP contribution in [-0.4, -0.2) is 6.54 Å². The van der Waals surface area contributed by atoms with E-state index in [1.807, 2.05) is 12.1 Å². The molecule has 0 bridgehead atoms. The molecule has 2 nitrogen and oxygen atoms in total. The van der Waals surface area contributed by atoms with Crippen molar-refractivity contribution in [2.24, 2.45) is 0 Å². The molecule has 0 atom stereocenters. The molecule has 0 aliphatic heterocycles. The lowest BCUT2D eigenvalue weighted by molar-refractivity contribution is 0.980. The first-order chi connectivity index (χ1) is 5.74. The van der Waals surface area contributed by atoms with Gasteiger partial charge in [-0.05, 0) is 47.2 Å². The van der Waals surface area contributed by atoms with Gasteiger partial charge in [-0.1, -0.05) is 6.92 Å². The normalized spacial score (nSPS) is 9.83. The van der Waals surface area contributed by atoms with E-state index in [-0.39, 0.29) is 0 Å². The third-order valence-electron chi connectivity index (χ3n) is 1.58. The fourth-order valence-electron chi connectivity index (χ4n) is 0.954. The summed E-state index contributed by atoms with van der Waals surface area (Å²) >= 11 is 2.25. The molecule has 3 N–H and O–H groups in total. The summed E-state index contributed by atoms with van der Waals surface area (Å²) in [6.45, 7) is 3.11. The third kappa shape index (κ3) is 2.55. The Bertz CT molecular complexity index is 261. The predicted octanol–water partition coefficient (Wildman–Crippen LogP) is 2.70. The minimum Gasteiger partial charge on any atom is -0.397 e. The van der Waals surface area contributed by atoms with E-state index < -0.39 is 0 Å². The quantitative estimate of drug-likeness (QED) is 0.658. The SMILES string of the molecule is CCCNc1ccc(I)cc1N. The summed E-state index contributed by atoms with van der Waals surface area (Å²) < 4.78 is 1.17. The first-order valence-corrected chi connectivity index (χ1v) is 5.11. The summed E-state index contributed by atoms with van der Waals surface area (Å²) in [5.74, 6) is 0. The highest BCUT2D eigenvalue weighted by molar-refractivity contribution is 14.1. The van der Waals surface area contributed by atoms with Crippen LogP contribution in [0.4, 0.5) is 11.4 Å². The summed E-state index contributed by atoms with van der Waals surface area (Å²) in [5, 5.41) is 3.26. The maximum absolute atomic E-state index is 5.79. The molecule has 12 heavy (non-hydrogen) atoms. The Balaban J connectivity index is 2.72. The maximum Gasteiger partial charge on any atom is 0.0574 e. The molecule has 0 fully saturated rings. The average molecular weight is 276 g/mol. The van der Waals surface area contributed by atoms with Gasteiger partial charge in [0.1, 0.15) is 0 Å². The standard InChI is InChI=1S/C9H13IN2/c1-2-5-12-9-4-3-7(10)6-8(9)11/h3-4,6,12H,2,5,11H2,1H3. The van der Waals surface area contributed by atoms with Crippen molar-refractivity contribution in [2.45, 2.75) is 13.3 Å². The average Bonchev–Trinajstić information content (AvgIpc) is 2.03. The Morgan fingerprint density at radius 3 is 2.83 bits per heavy atom. The number of nitrogen functional groups attached to an aromatic ring is 1. The third-order valence-corrected chi connectivity index (χ3v) is 2.25. The van der Waals surface area contributed by atoms with E-state index in [0.717, 1.165) is 24.3 Å². The van der Waals surface area contributed by atoms with Crippen molar-refractivity contribution in [3.05, 3.63) is 21.8 Å². The van der Waals surface area contributed by atoms with Gasteiger partial charge in [-0.25, -0.2) is 0 Å². The highest BCUT2D eigenvalue weighted by atomic mass is 127. The number of hydrogen-bond acceptors (Lipinski definition) is 2. The number of halogens is 1. The highest BCUT2D eigenvalue weighted by Crippen LogP contribution is 2.20. The molecule has 1 rings (SSSR count). The predicted molar refractivity (Wildman–Crippen MR) is 62.4 cm³/mol. The molecule has 3 heteroatoms. The van der Waals surface area contributed by atoms with Crippen LogP contribution in [-0.2, 0) is 0 Å². The summed E-state index contributed by atoms with van der Waals surface area (Å²) in [7, 11) is 0. The fourth-order valence-corrected chi connectivity index (χ4v) is 1.47. The molecular weight excluding hydrogens is 263 g/mol. The lowest BCUT2D eigenvalue weighted by Gasteiger charge is -2.07. The molecule has 0 aromatic heterocycles. The molecule has 0 radical (unpaired) electrons. The Hall–Kier alpha value is -0.450. The van der Waals surface area contributed by atoms with Crippen LogP contribution < -0.4 is 11.1 Å². The monoisotopic (exact) mass is 276 g/mol. The lowest BCUT2D eigenvalue weighted by atomic mass is 10.2. The molecule has 0 spiro atoms. The first kappa shape index (κ1) is 9.64. The van der Waals surface area contributed by atoms with E-state index >= 15 is 0 Å². The zero-order chi connectivity index (χ0) is 8.97. The van der Waals surface area contributed by atoms with E-state index in [2.05, 4.69) is 40.9 Å². The molecule has 0 heterocycles. The van der Waals surface area contributed by atoms with Gasteiger partial charge in [0.2, 0.25) is 0 Å². The van der Waals surface area contributed by atoms with Gasteiger partial charge in [-0.15, -0.1) is 0 Å². The Morgan fingerprint density at radius 1 is 1.50 bits per heavy atom. The smallest absolute Gasteiger partial charge is 0.0574 e. The van der Waals surface area contributed by atoms with E-state index in [1.54, 1.807) is 0 Å². The van der Waals surface area contributed by atoms with Gasteiger partial charge >= 0.3 is 0 Å². The highest BCUT2D eigenvalue weighted by Gasteiger charge is 1.96. The van der Waals surface area contributed by atoms with Crippen LogP contribution in [0.15, 0.2) is 18.2 Å². The van der Waals surface area contributed by atoms with Gasteiger partial charge in [0.05, 0.1) is 11.4 Å². The molecule has 1 aromatic carbocycles. The van der Waals surface area contributed by atoms with Crippen molar-refractivity contribution < 1.29 is 0 Å². The molecule has 66 valence electrons. The van der Waals surface area contributed by atoms with Gasteiger partial charge in [0.25, 0.3) is 0 Å². The number of nitrogens with two attached hydrogens (primary N) is 1. The van der Waals surface area contributed by atoms with Gasteiger partial charge in [0.15, 0.2) is 0 Å². The molecule has 0 saturated heterocycles. The lowest BCUT2D eigenvalue weighted by Crippen LogP contribution is -2.02. The van der Waals surface area contributed by atoms with Crippen molar-refractivity contribution in [3.8, 4) is 0 Å². The van der Waals surface area contributed by atoms with Gasteiger partial charge < -0.3 is 11.1 Å². The number of rotatable bonds is 3. The Morgan fingerprint density at radius 2 is 2.25 bits per heavy atom. The zero-order valence-corrected chi connectivity index (χ0v) is 9.26. The topological polar surface area (TPSA) is 38.0 Å². The molecule has 0 amide bonds. The molecule has 0 saturated carbocycles. The van der Waals surface area contributed by atoms with Gasteiger partial charge in [-0.3, -0.25) is 0 Å². The van der Waals surface area contributed by atoms with Crippen LogP contribution in [0.3, 0.4) is 0 Å². The van der Waals surface area contributed by atoms with E-state index in [9.17, 15) is 0 Å². The van der Waals surface area contributed by atoms with Crippen molar-refractivity contribution >= 4 is 34.0 Å². The van der Waals surface area contributed by atoms with Gasteiger partial charge in [0, 0.05) is 10.1 Å². The van der Waals surface area contributed by atoms with Crippen molar-refractivity contribution in [1.82, 2.24) is 0 Å². The minimum absolute atomic E-state index is 0.829. The fraction of sp³-hybridized carbons (Fsp3) is 0.333. The Labute approximate surface area is 86.7 Å². The molecule has 0 unspecified atom stereocenters. The molecule has 0 aliphatic rings. The minimum atomic E-state index is 0.829. The van der Waals surface area contributed by atoms with E-state index in [4.69, 9.17) is 5.73 Å². The molecular formula is C9H13IN2. The second-order valence-electron chi connectivity index (χ2n) is 2.66. The van der Waals surface area contributed by atoms with Crippen LogP contribution in [0.1, 0.15) is 13.3 Å². The van der Waals surface area contributed by atoms with Crippen LogP contribution in [0, 0.1) is 3.57 Å². The maximum atomic E-state index is 5.79. The first-order valence-electron chi connectivity index (χ1n) is 4.03. The zero-order valence-electron chi connectivity index (χ0n) is 7.10. The van der Waals surface area contributed by atoms with E-state index in [0.29, 0.717) is 0 Å². The van der Waals surface area contributed by atoms with Crippen molar-refractivity contribution in [2.75, 3.05) is 17.6 Å². The van der Waals surface area contributed by atoms with Crippen molar-refractivity contribution in [3.63, 3.8) is 0 Å².